The molecule has 1 aromatic carbocycles. The summed E-state index contributed by atoms with van der Waals surface area (Å²) < 4.78 is 0. The van der Waals surface area contributed by atoms with Crippen molar-refractivity contribution in [2.24, 2.45) is 5.92 Å². The van der Waals surface area contributed by atoms with E-state index in [0.29, 0.717) is 5.69 Å². The van der Waals surface area contributed by atoms with E-state index in [1.54, 1.807) is 12.1 Å². The highest BCUT2D eigenvalue weighted by molar-refractivity contribution is 5.94. The molecule has 0 aliphatic carbocycles. The number of rotatable bonds is 4. The minimum absolute atomic E-state index is 0.0599. The highest BCUT2D eigenvalue weighted by Gasteiger charge is 2.25. The molecule has 2 rings (SSSR count). The molecule has 0 bridgehead atoms. The second-order valence-corrected chi connectivity index (χ2v) is 5.67. The van der Waals surface area contributed by atoms with E-state index in [1.165, 1.54) is 19.3 Å². The maximum absolute atomic E-state index is 12.3. The fourth-order valence-electron chi connectivity index (χ4n) is 2.73. The number of piperidine rings is 1. The molecule has 0 aromatic heterocycles. The van der Waals surface area contributed by atoms with Crippen molar-refractivity contribution >= 4 is 17.3 Å². The van der Waals surface area contributed by atoms with Crippen molar-refractivity contribution in [2.75, 3.05) is 24.1 Å². The van der Waals surface area contributed by atoms with Gasteiger partial charge in [-0.05, 0) is 63.0 Å². The molecular formula is C16H25N3O. The molecule has 1 aliphatic rings. The second-order valence-electron chi connectivity index (χ2n) is 5.67. The van der Waals surface area contributed by atoms with Gasteiger partial charge in [-0.15, -0.1) is 0 Å². The number of nitrogen functional groups attached to an aromatic ring is 1. The van der Waals surface area contributed by atoms with Gasteiger partial charge in [0.2, 0.25) is 5.91 Å². The van der Waals surface area contributed by atoms with Crippen LogP contribution in [0.15, 0.2) is 24.3 Å². The smallest absolute Gasteiger partial charge is 0.241 e. The van der Waals surface area contributed by atoms with Gasteiger partial charge in [0.15, 0.2) is 0 Å². The number of nitrogens with two attached hydrogens (primary N) is 1. The molecule has 1 aromatic rings. The quantitative estimate of drug-likeness (QED) is 0.831. The van der Waals surface area contributed by atoms with E-state index in [-0.39, 0.29) is 11.9 Å². The monoisotopic (exact) mass is 275 g/mol. The van der Waals surface area contributed by atoms with Crippen molar-refractivity contribution < 1.29 is 4.79 Å². The Morgan fingerprint density at radius 2 is 1.95 bits per heavy atom. The van der Waals surface area contributed by atoms with Gasteiger partial charge in [-0.1, -0.05) is 13.3 Å². The average molecular weight is 275 g/mol. The summed E-state index contributed by atoms with van der Waals surface area (Å²) in [6.45, 7) is 6.28. The standard InChI is InChI=1S/C16H25N3O/c1-3-13-8-10-19(11-9-13)12(2)16(20)18-15-6-4-14(17)5-7-15/h4-7,12-13H,3,8-11,17H2,1-2H3,(H,18,20). The van der Waals surface area contributed by atoms with Gasteiger partial charge in [0.25, 0.3) is 0 Å². The number of nitrogens with zero attached hydrogens (tertiary/aromatic N) is 1. The molecule has 20 heavy (non-hydrogen) atoms. The van der Waals surface area contributed by atoms with Crippen LogP contribution >= 0.6 is 0 Å². The number of hydrogen-bond acceptors (Lipinski definition) is 3. The summed E-state index contributed by atoms with van der Waals surface area (Å²) in [6, 6.07) is 7.19. The number of nitrogens with one attached hydrogen (secondary N) is 1. The van der Waals surface area contributed by atoms with Crippen LogP contribution in [-0.2, 0) is 4.79 Å². The Morgan fingerprint density at radius 3 is 2.50 bits per heavy atom. The summed E-state index contributed by atoms with van der Waals surface area (Å²) in [7, 11) is 0. The van der Waals surface area contributed by atoms with Gasteiger partial charge < -0.3 is 11.1 Å². The SMILES string of the molecule is CCC1CCN(C(C)C(=O)Nc2ccc(N)cc2)CC1. The van der Waals surface area contributed by atoms with Crippen molar-refractivity contribution in [2.45, 2.75) is 39.2 Å². The molecule has 0 saturated carbocycles. The molecule has 1 aliphatic heterocycles. The number of carbonyl (C=O) groups is 1. The molecule has 1 saturated heterocycles. The molecule has 0 spiro atoms. The number of anilines is 2. The third-order valence-corrected chi connectivity index (χ3v) is 4.33. The van der Waals surface area contributed by atoms with Gasteiger partial charge in [0.1, 0.15) is 0 Å². The lowest BCUT2D eigenvalue weighted by atomic mass is 9.93. The van der Waals surface area contributed by atoms with E-state index in [2.05, 4.69) is 17.1 Å². The number of amides is 1. The Hall–Kier alpha value is -1.55. The van der Waals surface area contributed by atoms with Crippen molar-refractivity contribution in [1.29, 1.82) is 0 Å². The zero-order chi connectivity index (χ0) is 14.5. The number of likely N-dealkylation sites (tertiary alicyclic amines) is 1. The number of benzene rings is 1. The topological polar surface area (TPSA) is 58.4 Å². The highest BCUT2D eigenvalue weighted by Crippen LogP contribution is 2.22. The van der Waals surface area contributed by atoms with Crippen LogP contribution < -0.4 is 11.1 Å². The van der Waals surface area contributed by atoms with Crippen molar-refractivity contribution in [3.8, 4) is 0 Å². The van der Waals surface area contributed by atoms with Crippen molar-refractivity contribution in [3.05, 3.63) is 24.3 Å². The third-order valence-electron chi connectivity index (χ3n) is 4.33. The first-order chi connectivity index (χ1) is 9.60. The Balaban J connectivity index is 1.87. The maximum atomic E-state index is 12.3. The van der Waals surface area contributed by atoms with Gasteiger partial charge in [0.05, 0.1) is 6.04 Å². The molecule has 1 fully saturated rings. The Kier molecular flexibility index (Phi) is 5.01. The van der Waals surface area contributed by atoms with Gasteiger partial charge in [-0.3, -0.25) is 9.69 Å². The third kappa shape index (κ3) is 3.73. The van der Waals surface area contributed by atoms with Gasteiger partial charge >= 0.3 is 0 Å². The summed E-state index contributed by atoms with van der Waals surface area (Å²) in [5.74, 6) is 0.892. The summed E-state index contributed by atoms with van der Waals surface area (Å²) in [6.07, 6.45) is 3.66. The minimum Gasteiger partial charge on any atom is -0.399 e. The lowest BCUT2D eigenvalue weighted by Crippen LogP contribution is -2.46. The largest absolute Gasteiger partial charge is 0.399 e. The molecule has 4 nitrogen and oxygen atoms in total. The summed E-state index contributed by atoms with van der Waals surface area (Å²) >= 11 is 0. The highest BCUT2D eigenvalue weighted by atomic mass is 16.2. The molecule has 110 valence electrons. The summed E-state index contributed by atoms with van der Waals surface area (Å²) in [5.41, 5.74) is 7.15. The predicted molar refractivity (Wildman–Crippen MR) is 83.5 cm³/mol. The Labute approximate surface area is 121 Å². The minimum atomic E-state index is -0.0784. The second kappa shape index (κ2) is 6.75. The molecule has 0 radical (unpaired) electrons. The fourth-order valence-corrected chi connectivity index (χ4v) is 2.73. The van der Waals surface area contributed by atoms with Crippen LogP contribution in [0.4, 0.5) is 11.4 Å². The van der Waals surface area contributed by atoms with Crippen molar-refractivity contribution in [1.82, 2.24) is 4.90 Å². The van der Waals surface area contributed by atoms with Gasteiger partial charge in [-0.25, -0.2) is 0 Å². The van der Waals surface area contributed by atoms with Crippen LogP contribution in [-0.4, -0.2) is 29.9 Å². The molecule has 1 atom stereocenters. The number of hydrogen-bond donors (Lipinski definition) is 2. The van der Waals surface area contributed by atoms with Crippen LogP contribution in [0.1, 0.15) is 33.1 Å². The molecular weight excluding hydrogens is 250 g/mol. The summed E-state index contributed by atoms with van der Waals surface area (Å²) in [5, 5.41) is 2.96. The van der Waals surface area contributed by atoms with Crippen molar-refractivity contribution in [3.63, 3.8) is 0 Å². The van der Waals surface area contributed by atoms with Crippen LogP contribution in [0.2, 0.25) is 0 Å². The summed E-state index contributed by atoms with van der Waals surface area (Å²) in [4.78, 5) is 14.5. The lowest BCUT2D eigenvalue weighted by Gasteiger charge is -2.35. The normalized spacial score (nSPS) is 18.7. The van der Waals surface area contributed by atoms with Gasteiger partial charge in [-0.2, -0.15) is 0 Å². The number of carbonyl (C=O) groups excluding carboxylic acids is 1. The zero-order valence-corrected chi connectivity index (χ0v) is 12.4. The first-order valence-electron chi connectivity index (χ1n) is 7.50. The maximum Gasteiger partial charge on any atom is 0.241 e. The van der Waals surface area contributed by atoms with Crippen LogP contribution in [0, 0.1) is 5.92 Å². The average Bonchev–Trinajstić information content (AvgIpc) is 2.49. The lowest BCUT2D eigenvalue weighted by molar-refractivity contribution is -0.121. The fraction of sp³-hybridized carbons (Fsp3) is 0.562. The molecule has 1 heterocycles. The van der Waals surface area contributed by atoms with Gasteiger partial charge in [0, 0.05) is 11.4 Å². The predicted octanol–water partition coefficient (Wildman–Crippen LogP) is 2.72. The Bertz CT molecular complexity index is 436. The van der Waals surface area contributed by atoms with E-state index < -0.39 is 0 Å². The molecule has 3 N–H and O–H groups in total. The van der Waals surface area contributed by atoms with Crippen LogP contribution in [0.3, 0.4) is 0 Å². The van der Waals surface area contributed by atoms with E-state index in [9.17, 15) is 4.79 Å². The molecule has 1 unspecified atom stereocenters. The Morgan fingerprint density at radius 1 is 1.35 bits per heavy atom. The molecule has 1 amide bonds. The van der Waals surface area contributed by atoms with E-state index in [0.717, 1.165) is 24.7 Å². The van der Waals surface area contributed by atoms with E-state index >= 15 is 0 Å². The van der Waals surface area contributed by atoms with E-state index in [4.69, 9.17) is 5.73 Å². The van der Waals surface area contributed by atoms with Crippen LogP contribution in [0.25, 0.3) is 0 Å². The first-order valence-corrected chi connectivity index (χ1v) is 7.50. The van der Waals surface area contributed by atoms with E-state index in [1.807, 2.05) is 19.1 Å². The molecule has 4 heteroatoms. The van der Waals surface area contributed by atoms with Crippen LogP contribution in [0.5, 0.6) is 0 Å². The zero-order valence-electron chi connectivity index (χ0n) is 12.4. The first kappa shape index (κ1) is 14.9.